The Kier molecular flexibility index (Phi) is 4.48. The van der Waals surface area contributed by atoms with E-state index in [0.717, 1.165) is 19.4 Å². The highest BCUT2D eigenvalue weighted by molar-refractivity contribution is 5.63. The van der Waals surface area contributed by atoms with Crippen LogP contribution in [-0.2, 0) is 12.8 Å². The third-order valence-corrected chi connectivity index (χ3v) is 5.10. The van der Waals surface area contributed by atoms with Gasteiger partial charge in [0.2, 0.25) is 0 Å². The summed E-state index contributed by atoms with van der Waals surface area (Å²) in [7, 11) is 0. The van der Waals surface area contributed by atoms with Crippen molar-refractivity contribution in [2.45, 2.75) is 52.9 Å². The van der Waals surface area contributed by atoms with Crippen LogP contribution in [0.4, 0.5) is 5.69 Å². The first-order valence-electron chi connectivity index (χ1n) is 8.92. The number of rotatable bonds is 3. The van der Waals surface area contributed by atoms with Gasteiger partial charge in [-0.3, -0.25) is 0 Å². The lowest BCUT2D eigenvalue weighted by atomic mass is 9.71. The maximum absolute atomic E-state index is 3.68. The molecular formula is C22H29N. The molecule has 1 aliphatic rings. The summed E-state index contributed by atoms with van der Waals surface area (Å²) in [6, 6.07) is 15.7. The number of benzene rings is 2. The number of nitrogens with one attached hydrogen (secondary N) is 1. The van der Waals surface area contributed by atoms with Crippen LogP contribution in [0, 0.1) is 5.41 Å². The summed E-state index contributed by atoms with van der Waals surface area (Å²) in [5, 5.41) is 3.68. The summed E-state index contributed by atoms with van der Waals surface area (Å²) in [5.41, 5.74) is 7.58. The first kappa shape index (κ1) is 16.1. The molecule has 1 heteroatoms. The maximum atomic E-state index is 3.68. The summed E-state index contributed by atoms with van der Waals surface area (Å²) >= 11 is 0. The number of hydrogen-bond acceptors (Lipinski definition) is 1. The quantitative estimate of drug-likeness (QED) is 0.757. The fourth-order valence-corrected chi connectivity index (χ4v) is 3.89. The fraction of sp³-hybridized carbons (Fsp3) is 0.455. The van der Waals surface area contributed by atoms with Gasteiger partial charge in [0.05, 0.1) is 0 Å². The maximum Gasteiger partial charge on any atom is 0.0408 e. The van der Waals surface area contributed by atoms with Gasteiger partial charge in [-0.2, -0.15) is 0 Å². The van der Waals surface area contributed by atoms with Crippen LogP contribution < -0.4 is 5.32 Å². The summed E-state index contributed by atoms with van der Waals surface area (Å²) in [6.45, 7) is 10.5. The Morgan fingerprint density at radius 3 is 2.43 bits per heavy atom. The van der Waals surface area contributed by atoms with Crippen molar-refractivity contribution in [1.29, 1.82) is 0 Å². The second-order valence-electron chi connectivity index (χ2n) is 7.87. The van der Waals surface area contributed by atoms with Gasteiger partial charge in [-0.25, -0.2) is 0 Å². The number of hydrogen-bond donors (Lipinski definition) is 1. The van der Waals surface area contributed by atoms with Crippen LogP contribution in [-0.4, -0.2) is 6.54 Å². The standard InChI is InChI=1S/C22H29N/c1-5-18-14-17(13-16-9-7-6-8-10-16)15-19-20(22(2,3)4)11-12-23-21(18)19/h6-10,14-15,20,23H,5,11-13H2,1-4H3. The molecule has 0 spiro atoms. The van der Waals surface area contributed by atoms with Gasteiger partial charge < -0.3 is 5.32 Å². The van der Waals surface area contributed by atoms with Gasteiger partial charge in [0.25, 0.3) is 0 Å². The Hall–Kier alpha value is -1.76. The number of aryl methyl sites for hydroxylation is 1. The van der Waals surface area contributed by atoms with Crippen LogP contribution >= 0.6 is 0 Å². The largest absolute Gasteiger partial charge is 0.385 e. The van der Waals surface area contributed by atoms with Crippen LogP contribution in [0.3, 0.4) is 0 Å². The van der Waals surface area contributed by atoms with Gasteiger partial charge in [0.15, 0.2) is 0 Å². The second kappa shape index (κ2) is 6.39. The molecule has 0 aromatic heterocycles. The van der Waals surface area contributed by atoms with E-state index < -0.39 is 0 Å². The Labute approximate surface area is 141 Å². The molecule has 1 atom stereocenters. The minimum Gasteiger partial charge on any atom is -0.385 e. The van der Waals surface area contributed by atoms with Crippen molar-refractivity contribution in [1.82, 2.24) is 0 Å². The molecule has 1 heterocycles. The van der Waals surface area contributed by atoms with Crippen molar-refractivity contribution < 1.29 is 0 Å². The molecule has 0 radical (unpaired) electrons. The predicted molar refractivity (Wildman–Crippen MR) is 100 cm³/mol. The van der Waals surface area contributed by atoms with E-state index in [1.807, 2.05) is 0 Å². The minimum atomic E-state index is 0.313. The van der Waals surface area contributed by atoms with Gasteiger partial charge in [-0.15, -0.1) is 0 Å². The van der Waals surface area contributed by atoms with Crippen molar-refractivity contribution in [2.24, 2.45) is 5.41 Å². The molecule has 1 N–H and O–H groups in total. The second-order valence-corrected chi connectivity index (χ2v) is 7.87. The van der Waals surface area contributed by atoms with Gasteiger partial charge in [-0.1, -0.05) is 70.2 Å². The Balaban J connectivity index is 2.03. The smallest absolute Gasteiger partial charge is 0.0408 e. The third-order valence-electron chi connectivity index (χ3n) is 5.10. The van der Waals surface area contributed by atoms with Gasteiger partial charge >= 0.3 is 0 Å². The van der Waals surface area contributed by atoms with Crippen LogP contribution in [0.25, 0.3) is 0 Å². The van der Waals surface area contributed by atoms with Crippen LogP contribution in [0.2, 0.25) is 0 Å². The molecule has 2 aromatic carbocycles. The lowest BCUT2D eigenvalue weighted by Crippen LogP contribution is -2.27. The van der Waals surface area contributed by atoms with Crippen molar-refractivity contribution >= 4 is 5.69 Å². The van der Waals surface area contributed by atoms with E-state index >= 15 is 0 Å². The lowest BCUT2D eigenvalue weighted by molar-refractivity contribution is 0.305. The highest BCUT2D eigenvalue weighted by Crippen LogP contribution is 2.45. The molecule has 0 bridgehead atoms. The molecule has 23 heavy (non-hydrogen) atoms. The van der Waals surface area contributed by atoms with E-state index in [2.05, 4.69) is 75.5 Å². The summed E-state index contributed by atoms with van der Waals surface area (Å²) in [6.07, 6.45) is 3.35. The molecule has 3 rings (SSSR count). The van der Waals surface area contributed by atoms with E-state index in [-0.39, 0.29) is 0 Å². The molecule has 0 amide bonds. The van der Waals surface area contributed by atoms with Crippen LogP contribution in [0.5, 0.6) is 0 Å². The van der Waals surface area contributed by atoms with E-state index in [1.54, 1.807) is 0 Å². The number of fused-ring (bicyclic) bond motifs is 1. The first-order chi connectivity index (χ1) is 11.0. The summed E-state index contributed by atoms with van der Waals surface area (Å²) < 4.78 is 0. The Morgan fingerprint density at radius 2 is 1.78 bits per heavy atom. The normalized spacial score (nSPS) is 17.5. The zero-order chi connectivity index (χ0) is 16.4. The van der Waals surface area contributed by atoms with Crippen LogP contribution in [0.1, 0.15) is 62.3 Å². The van der Waals surface area contributed by atoms with Gasteiger partial charge in [-0.05, 0) is 52.8 Å². The van der Waals surface area contributed by atoms with Crippen molar-refractivity contribution in [3.63, 3.8) is 0 Å². The highest BCUT2D eigenvalue weighted by Gasteiger charge is 2.31. The Bertz CT molecular complexity index is 664. The minimum absolute atomic E-state index is 0.313. The third kappa shape index (κ3) is 3.44. The van der Waals surface area contributed by atoms with Crippen molar-refractivity contribution in [3.8, 4) is 0 Å². The zero-order valence-corrected chi connectivity index (χ0v) is 14.9. The van der Waals surface area contributed by atoms with Crippen LogP contribution in [0.15, 0.2) is 42.5 Å². The monoisotopic (exact) mass is 307 g/mol. The molecule has 0 saturated heterocycles. The predicted octanol–water partition coefficient (Wildman–Crippen LogP) is 5.79. The van der Waals surface area contributed by atoms with Crippen molar-refractivity contribution in [2.75, 3.05) is 11.9 Å². The van der Waals surface area contributed by atoms with E-state index in [9.17, 15) is 0 Å². The molecule has 1 aliphatic heterocycles. The summed E-state index contributed by atoms with van der Waals surface area (Å²) in [4.78, 5) is 0. The molecule has 122 valence electrons. The fourth-order valence-electron chi connectivity index (χ4n) is 3.89. The summed E-state index contributed by atoms with van der Waals surface area (Å²) in [5.74, 6) is 0.639. The molecular weight excluding hydrogens is 278 g/mol. The molecule has 0 aliphatic carbocycles. The van der Waals surface area contributed by atoms with Crippen molar-refractivity contribution in [3.05, 3.63) is 64.7 Å². The van der Waals surface area contributed by atoms with E-state index in [4.69, 9.17) is 0 Å². The SMILES string of the molecule is CCc1cc(Cc2ccccc2)cc2c1NCCC2C(C)(C)C. The lowest BCUT2D eigenvalue weighted by Gasteiger charge is -2.37. The molecule has 1 unspecified atom stereocenters. The first-order valence-corrected chi connectivity index (χ1v) is 8.92. The average molecular weight is 307 g/mol. The highest BCUT2D eigenvalue weighted by atomic mass is 14.9. The Morgan fingerprint density at radius 1 is 1.04 bits per heavy atom. The van der Waals surface area contributed by atoms with Gasteiger partial charge in [0, 0.05) is 12.2 Å². The average Bonchev–Trinajstić information content (AvgIpc) is 2.53. The molecule has 0 saturated carbocycles. The van der Waals surface area contributed by atoms with E-state index in [1.165, 1.54) is 34.4 Å². The molecule has 1 nitrogen and oxygen atoms in total. The topological polar surface area (TPSA) is 12.0 Å². The van der Waals surface area contributed by atoms with E-state index in [0.29, 0.717) is 11.3 Å². The number of anilines is 1. The zero-order valence-electron chi connectivity index (χ0n) is 14.9. The molecule has 0 fully saturated rings. The molecule has 2 aromatic rings. The van der Waals surface area contributed by atoms with Gasteiger partial charge in [0.1, 0.15) is 0 Å².